The monoisotopic (exact) mass is 268 g/mol. The fourth-order valence-electron chi connectivity index (χ4n) is 1.85. The SMILES string of the molecule is CCC(C)COC(=O)c1ccc(-c2ccccc2)cc1. The number of ether oxygens (including phenoxy) is 1. The van der Waals surface area contributed by atoms with Crippen LogP contribution < -0.4 is 0 Å². The molecule has 0 saturated carbocycles. The van der Waals surface area contributed by atoms with Gasteiger partial charge < -0.3 is 4.74 Å². The summed E-state index contributed by atoms with van der Waals surface area (Å²) in [6, 6.07) is 17.6. The molecule has 2 heteroatoms. The molecule has 0 spiro atoms. The predicted molar refractivity (Wildman–Crippen MR) is 81.6 cm³/mol. The summed E-state index contributed by atoms with van der Waals surface area (Å²) in [7, 11) is 0. The van der Waals surface area contributed by atoms with Gasteiger partial charge in [-0.2, -0.15) is 0 Å². The molecule has 1 atom stereocenters. The Bertz CT molecular complexity index is 543. The van der Waals surface area contributed by atoms with Crippen molar-refractivity contribution in [2.45, 2.75) is 20.3 Å². The number of esters is 1. The first-order chi connectivity index (χ1) is 9.70. The maximum absolute atomic E-state index is 11.9. The van der Waals surface area contributed by atoms with Crippen molar-refractivity contribution >= 4 is 5.97 Å². The van der Waals surface area contributed by atoms with Crippen molar-refractivity contribution in [2.24, 2.45) is 5.92 Å². The van der Waals surface area contributed by atoms with Crippen molar-refractivity contribution in [3.05, 3.63) is 60.2 Å². The molecule has 2 aromatic carbocycles. The number of carbonyl (C=O) groups is 1. The van der Waals surface area contributed by atoms with E-state index in [1.54, 1.807) is 0 Å². The zero-order valence-corrected chi connectivity index (χ0v) is 12.0. The molecule has 1 unspecified atom stereocenters. The smallest absolute Gasteiger partial charge is 0.338 e. The third kappa shape index (κ3) is 3.70. The first-order valence-corrected chi connectivity index (χ1v) is 7.03. The topological polar surface area (TPSA) is 26.3 Å². The number of rotatable bonds is 5. The molecule has 0 aliphatic carbocycles. The number of hydrogen-bond acceptors (Lipinski definition) is 2. The zero-order valence-electron chi connectivity index (χ0n) is 12.0. The van der Waals surface area contributed by atoms with E-state index in [9.17, 15) is 4.79 Å². The number of benzene rings is 2. The van der Waals surface area contributed by atoms with Gasteiger partial charge in [-0.1, -0.05) is 62.7 Å². The molecule has 2 rings (SSSR count). The summed E-state index contributed by atoms with van der Waals surface area (Å²) < 4.78 is 5.29. The summed E-state index contributed by atoms with van der Waals surface area (Å²) in [5.41, 5.74) is 2.85. The van der Waals surface area contributed by atoms with Crippen molar-refractivity contribution in [2.75, 3.05) is 6.61 Å². The molecule has 0 saturated heterocycles. The van der Waals surface area contributed by atoms with Gasteiger partial charge in [0, 0.05) is 0 Å². The van der Waals surface area contributed by atoms with Gasteiger partial charge in [-0.3, -0.25) is 0 Å². The fourth-order valence-corrected chi connectivity index (χ4v) is 1.85. The van der Waals surface area contributed by atoms with Gasteiger partial charge in [-0.05, 0) is 29.2 Å². The molecule has 0 aromatic heterocycles. The molecule has 0 amide bonds. The highest BCUT2D eigenvalue weighted by molar-refractivity contribution is 5.90. The molecule has 104 valence electrons. The van der Waals surface area contributed by atoms with E-state index in [-0.39, 0.29) is 5.97 Å². The van der Waals surface area contributed by atoms with Crippen LogP contribution in [0.15, 0.2) is 54.6 Å². The lowest BCUT2D eigenvalue weighted by atomic mass is 10.0. The van der Waals surface area contributed by atoms with Crippen LogP contribution in [-0.4, -0.2) is 12.6 Å². The van der Waals surface area contributed by atoms with Crippen LogP contribution >= 0.6 is 0 Å². The summed E-state index contributed by atoms with van der Waals surface area (Å²) in [6.45, 7) is 4.65. The van der Waals surface area contributed by atoms with E-state index >= 15 is 0 Å². The van der Waals surface area contributed by atoms with Crippen LogP contribution in [0, 0.1) is 5.92 Å². The van der Waals surface area contributed by atoms with Gasteiger partial charge in [-0.15, -0.1) is 0 Å². The number of carbonyl (C=O) groups excluding carboxylic acids is 1. The molecule has 0 aliphatic rings. The highest BCUT2D eigenvalue weighted by atomic mass is 16.5. The Labute approximate surface area is 120 Å². The Hall–Kier alpha value is -2.09. The molecule has 0 heterocycles. The second-order valence-electron chi connectivity index (χ2n) is 5.06. The second kappa shape index (κ2) is 6.90. The van der Waals surface area contributed by atoms with Crippen LogP contribution in [0.3, 0.4) is 0 Å². The lowest BCUT2D eigenvalue weighted by Crippen LogP contribution is -2.11. The van der Waals surface area contributed by atoms with Crippen molar-refractivity contribution < 1.29 is 9.53 Å². The van der Waals surface area contributed by atoms with E-state index in [1.807, 2.05) is 42.5 Å². The summed E-state index contributed by atoms with van der Waals surface area (Å²) in [6.07, 6.45) is 1.01. The predicted octanol–water partition coefficient (Wildman–Crippen LogP) is 4.56. The van der Waals surface area contributed by atoms with E-state index < -0.39 is 0 Å². The third-order valence-corrected chi connectivity index (χ3v) is 3.42. The molecule has 20 heavy (non-hydrogen) atoms. The molecule has 0 bridgehead atoms. The van der Waals surface area contributed by atoms with Crippen LogP contribution in [-0.2, 0) is 4.74 Å². The largest absolute Gasteiger partial charge is 0.462 e. The lowest BCUT2D eigenvalue weighted by molar-refractivity contribution is 0.0447. The first-order valence-electron chi connectivity index (χ1n) is 7.03. The van der Waals surface area contributed by atoms with Crippen LogP contribution in [0.25, 0.3) is 11.1 Å². The van der Waals surface area contributed by atoms with Gasteiger partial charge in [0.1, 0.15) is 0 Å². The standard InChI is InChI=1S/C18H20O2/c1-3-14(2)13-20-18(19)17-11-9-16(10-12-17)15-7-5-4-6-8-15/h4-12,14H,3,13H2,1-2H3. The molecule has 0 N–H and O–H groups in total. The van der Waals surface area contributed by atoms with E-state index in [2.05, 4.69) is 26.0 Å². The molecular formula is C18H20O2. The molecule has 0 fully saturated rings. The number of hydrogen-bond donors (Lipinski definition) is 0. The maximum atomic E-state index is 11.9. The van der Waals surface area contributed by atoms with Gasteiger partial charge in [0.2, 0.25) is 0 Å². The Kier molecular flexibility index (Phi) is 4.94. The zero-order chi connectivity index (χ0) is 14.4. The van der Waals surface area contributed by atoms with Gasteiger partial charge in [0.05, 0.1) is 12.2 Å². The Morgan fingerprint density at radius 3 is 2.20 bits per heavy atom. The lowest BCUT2D eigenvalue weighted by Gasteiger charge is -2.10. The van der Waals surface area contributed by atoms with E-state index in [0.717, 1.165) is 17.5 Å². The first kappa shape index (κ1) is 14.3. The minimum Gasteiger partial charge on any atom is -0.462 e. The van der Waals surface area contributed by atoms with Gasteiger partial charge in [-0.25, -0.2) is 4.79 Å². The van der Waals surface area contributed by atoms with Crippen LogP contribution in [0.4, 0.5) is 0 Å². The van der Waals surface area contributed by atoms with Crippen molar-refractivity contribution in [3.63, 3.8) is 0 Å². The van der Waals surface area contributed by atoms with Crippen molar-refractivity contribution in [3.8, 4) is 11.1 Å². The van der Waals surface area contributed by atoms with Crippen LogP contribution in [0.1, 0.15) is 30.6 Å². The van der Waals surface area contributed by atoms with Gasteiger partial charge in [0.15, 0.2) is 0 Å². The summed E-state index contributed by atoms with van der Waals surface area (Å²) in [5, 5.41) is 0. The Morgan fingerprint density at radius 1 is 1.00 bits per heavy atom. The quantitative estimate of drug-likeness (QED) is 0.743. The normalized spacial score (nSPS) is 11.9. The fraction of sp³-hybridized carbons (Fsp3) is 0.278. The second-order valence-corrected chi connectivity index (χ2v) is 5.06. The minimum absolute atomic E-state index is 0.245. The van der Waals surface area contributed by atoms with E-state index in [0.29, 0.717) is 18.1 Å². The molecule has 2 aromatic rings. The van der Waals surface area contributed by atoms with Crippen LogP contribution in [0.5, 0.6) is 0 Å². The average Bonchev–Trinajstić information content (AvgIpc) is 2.53. The third-order valence-electron chi connectivity index (χ3n) is 3.42. The molecule has 0 radical (unpaired) electrons. The Balaban J connectivity index is 2.03. The van der Waals surface area contributed by atoms with E-state index in [1.165, 1.54) is 0 Å². The average molecular weight is 268 g/mol. The van der Waals surface area contributed by atoms with E-state index in [4.69, 9.17) is 4.74 Å². The summed E-state index contributed by atoms with van der Waals surface area (Å²) in [4.78, 5) is 11.9. The molecule has 2 nitrogen and oxygen atoms in total. The van der Waals surface area contributed by atoms with Gasteiger partial charge >= 0.3 is 5.97 Å². The highest BCUT2D eigenvalue weighted by Crippen LogP contribution is 2.19. The summed E-state index contributed by atoms with van der Waals surface area (Å²) >= 11 is 0. The van der Waals surface area contributed by atoms with Gasteiger partial charge in [0.25, 0.3) is 0 Å². The van der Waals surface area contributed by atoms with Crippen LogP contribution in [0.2, 0.25) is 0 Å². The van der Waals surface area contributed by atoms with Crippen molar-refractivity contribution in [1.82, 2.24) is 0 Å². The molecule has 0 aliphatic heterocycles. The molecular weight excluding hydrogens is 248 g/mol. The maximum Gasteiger partial charge on any atom is 0.338 e. The highest BCUT2D eigenvalue weighted by Gasteiger charge is 2.09. The summed E-state index contributed by atoms with van der Waals surface area (Å²) in [5.74, 6) is 0.160. The minimum atomic E-state index is -0.245. The Morgan fingerprint density at radius 2 is 1.60 bits per heavy atom. The van der Waals surface area contributed by atoms with Crippen molar-refractivity contribution in [1.29, 1.82) is 0 Å².